The SMILES string of the molecule is Cc1cn(-c2ccc(/C=C/c3nc4n(n3)C[C@@H](O)C[C@@H]4c3cc(F)c(F)c(F)c3)cc2C)cn1.Cc1cn(-c2ccc(/C=C/c3nc4n(n3)C[C@@H](O)C[C@H]4c3cc(F)c(F)c(F)c3)cc2C)cn1.Cc1cn(-c2ccc(/C=C/c3nc4n(n3)C[C@H](O)C[C@@H]4c3cc(F)c(F)c(F)c3)cc2C)cn1.Cc1cn(-c2ccc(/C=C/c3nc4n(n3)C[C@H](O)C[C@H]4c3cc(F)c(F)c(F)c3)cc2C)cn1. The van der Waals surface area contributed by atoms with Gasteiger partial charge in [0.2, 0.25) is 0 Å². The molecule has 4 N–H and O–H groups in total. The molecule has 0 spiro atoms. The summed E-state index contributed by atoms with van der Waals surface area (Å²) in [6.07, 6.45) is 27.2. The lowest BCUT2D eigenvalue weighted by Crippen LogP contribution is -2.29. The zero-order valence-corrected chi connectivity index (χ0v) is 74.3. The van der Waals surface area contributed by atoms with Crippen LogP contribution in [0.25, 0.3) is 71.4 Å². The Kier molecular flexibility index (Phi) is 26.6. The quantitative estimate of drug-likeness (QED) is 0.0517. The molecule has 8 atom stereocenters. The second kappa shape index (κ2) is 39.0. The van der Waals surface area contributed by atoms with Gasteiger partial charge in [0.05, 0.1) is 98.7 Å². The van der Waals surface area contributed by atoms with Gasteiger partial charge in [-0.15, -0.1) is 0 Å². The largest absolute Gasteiger partial charge is 0.391 e. The highest BCUT2D eigenvalue weighted by atomic mass is 19.2. The van der Waals surface area contributed by atoms with Crippen molar-refractivity contribution in [1.82, 2.24) is 97.3 Å². The summed E-state index contributed by atoms with van der Waals surface area (Å²) in [4.78, 5) is 35.2. The van der Waals surface area contributed by atoms with Crippen LogP contribution in [0.4, 0.5) is 52.7 Å². The molecule has 24 nitrogen and oxygen atoms in total. The minimum absolute atomic E-state index is 0.209. The number of aliphatic hydroxyl groups is 4. The first-order chi connectivity index (χ1) is 65.1. The van der Waals surface area contributed by atoms with E-state index in [1.54, 1.807) is 49.6 Å². The number of hydrogen-bond acceptors (Lipinski definition) is 16. The van der Waals surface area contributed by atoms with Crippen LogP contribution in [-0.4, -0.2) is 142 Å². The average molecular weight is 1860 g/mol. The lowest BCUT2D eigenvalue weighted by Gasteiger charge is -2.26. The van der Waals surface area contributed by atoms with Crippen LogP contribution in [0.1, 0.15) is 185 Å². The Morgan fingerprint density at radius 3 is 0.625 bits per heavy atom. The zero-order chi connectivity index (χ0) is 95.9. The van der Waals surface area contributed by atoms with Gasteiger partial charge in [-0.3, -0.25) is 0 Å². The summed E-state index contributed by atoms with van der Waals surface area (Å²) in [5.41, 5.74) is 16.8. The van der Waals surface area contributed by atoms with E-state index in [-0.39, 0.29) is 74.1 Å². The van der Waals surface area contributed by atoms with E-state index >= 15 is 0 Å². The Morgan fingerprint density at radius 1 is 0.265 bits per heavy atom. The maximum Gasteiger partial charge on any atom is 0.194 e. The summed E-state index contributed by atoms with van der Waals surface area (Å²) in [6.45, 7) is 16.7. The smallest absolute Gasteiger partial charge is 0.194 e. The van der Waals surface area contributed by atoms with Crippen LogP contribution in [0.15, 0.2) is 171 Å². The Balaban J connectivity index is 0.000000126. The number of halogens is 12. The third kappa shape index (κ3) is 20.4. The van der Waals surface area contributed by atoms with Crippen molar-refractivity contribution >= 4 is 48.6 Å². The van der Waals surface area contributed by atoms with Crippen molar-refractivity contribution in [3.05, 3.63) is 377 Å². The molecule has 4 aliphatic heterocycles. The highest BCUT2D eigenvalue weighted by Gasteiger charge is 2.37. The number of nitrogens with zero attached hydrogens (tertiary/aromatic N) is 20. The van der Waals surface area contributed by atoms with Gasteiger partial charge in [-0.2, -0.15) is 20.4 Å². The minimum atomic E-state index is -1.52. The van der Waals surface area contributed by atoms with Crippen LogP contribution in [0.2, 0.25) is 0 Å². The molecule has 696 valence electrons. The monoisotopic (exact) mass is 1860 g/mol. The predicted molar refractivity (Wildman–Crippen MR) is 483 cm³/mol. The Hall–Kier alpha value is -14.9. The van der Waals surface area contributed by atoms with Gasteiger partial charge in [0, 0.05) is 71.2 Å². The van der Waals surface area contributed by atoms with Gasteiger partial charge < -0.3 is 38.7 Å². The molecule has 12 heterocycles. The fourth-order valence-corrected chi connectivity index (χ4v) is 17.4. The normalized spacial score (nSPS) is 17.9. The lowest BCUT2D eigenvalue weighted by atomic mass is 9.89. The van der Waals surface area contributed by atoms with Crippen molar-refractivity contribution in [2.45, 2.75) is 155 Å². The number of aliphatic hydroxyl groups excluding tert-OH is 4. The molecule has 16 aromatic rings. The van der Waals surface area contributed by atoms with Gasteiger partial charge in [-0.1, -0.05) is 48.6 Å². The van der Waals surface area contributed by atoms with Gasteiger partial charge in [0.15, 0.2) is 93.1 Å². The van der Waals surface area contributed by atoms with Crippen LogP contribution in [0.3, 0.4) is 0 Å². The fourth-order valence-electron chi connectivity index (χ4n) is 17.4. The molecule has 136 heavy (non-hydrogen) atoms. The molecule has 0 saturated heterocycles. The molecule has 0 radical (unpaired) electrons. The van der Waals surface area contributed by atoms with Crippen LogP contribution >= 0.6 is 0 Å². The summed E-state index contributed by atoms with van der Waals surface area (Å²) in [6, 6.07) is 31.6. The molecule has 0 aliphatic carbocycles. The Labute approximate surface area is 770 Å². The van der Waals surface area contributed by atoms with E-state index in [9.17, 15) is 73.1 Å². The van der Waals surface area contributed by atoms with Gasteiger partial charge in [0.1, 0.15) is 23.3 Å². The van der Waals surface area contributed by atoms with Crippen molar-refractivity contribution in [1.29, 1.82) is 0 Å². The maximum atomic E-state index is 13.8. The van der Waals surface area contributed by atoms with Crippen molar-refractivity contribution < 1.29 is 73.1 Å². The van der Waals surface area contributed by atoms with Crippen molar-refractivity contribution in [3.8, 4) is 22.7 Å². The molecule has 0 fully saturated rings. The van der Waals surface area contributed by atoms with Crippen LogP contribution < -0.4 is 0 Å². The van der Waals surface area contributed by atoms with Gasteiger partial charge in [-0.05, 0) is 269 Å². The number of aromatic nitrogens is 20. The van der Waals surface area contributed by atoms with E-state index < -0.39 is 118 Å². The van der Waals surface area contributed by atoms with Crippen molar-refractivity contribution in [2.75, 3.05) is 0 Å². The summed E-state index contributed by atoms with van der Waals surface area (Å²) in [7, 11) is 0. The lowest BCUT2D eigenvalue weighted by molar-refractivity contribution is 0.116. The average Bonchev–Trinajstić information content (AvgIpc) is 1.60. The standard InChI is InChI=1S/4C25H22F3N5O/c4*1-14-7-16(3-5-22(14)32-11-15(2)29-13-32)4-6-23-30-25-19(10-18(34)12-33(25)31-23)17-8-20(26)24(28)21(27)9-17/h4*3-9,11,13,18-19,34H,10,12H2,1-2H3/b4*6-4+/t2*18-,19+;2*18-,19-/m1010/s1. The Bertz CT molecular complexity index is 6390. The van der Waals surface area contributed by atoms with E-state index in [4.69, 9.17) is 0 Å². The number of aryl methyl sites for hydroxylation is 8. The molecule has 0 amide bonds. The van der Waals surface area contributed by atoms with Gasteiger partial charge in [0.25, 0.3) is 0 Å². The molecular formula is C100H88F12N20O4. The molecule has 0 bridgehead atoms. The second-order valence-electron chi connectivity index (χ2n) is 34.2. The maximum absolute atomic E-state index is 13.8. The number of imidazole rings is 4. The van der Waals surface area contributed by atoms with Crippen molar-refractivity contribution in [3.63, 3.8) is 0 Å². The number of benzene rings is 8. The van der Waals surface area contributed by atoms with Crippen LogP contribution in [0.5, 0.6) is 0 Å². The van der Waals surface area contributed by atoms with Crippen LogP contribution in [-0.2, 0) is 26.2 Å². The first-order valence-electron chi connectivity index (χ1n) is 43.4. The summed E-state index contributed by atoms with van der Waals surface area (Å²) < 4.78 is 178. The number of hydrogen-bond donors (Lipinski definition) is 4. The molecule has 0 saturated carbocycles. The first kappa shape index (κ1) is 92.9. The molecule has 36 heteroatoms. The molecule has 20 rings (SSSR count). The predicted octanol–water partition coefficient (Wildman–Crippen LogP) is 18.3. The van der Waals surface area contributed by atoms with Crippen LogP contribution in [0, 0.1) is 125 Å². The van der Waals surface area contributed by atoms with E-state index in [0.717, 1.165) is 139 Å². The highest BCUT2D eigenvalue weighted by Crippen LogP contribution is 2.40. The van der Waals surface area contributed by atoms with Gasteiger partial charge in [-0.25, -0.2) is 111 Å². The summed E-state index contributed by atoms with van der Waals surface area (Å²) in [5.74, 6) is -15.2. The topological polar surface area (TPSA) is 275 Å². The van der Waals surface area contributed by atoms with E-state index in [2.05, 4.69) is 60.3 Å². The van der Waals surface area contributed by atoms with E-state index in [0.29, 0.717) is 46.6 Å². The zero-order valence-electron chi connectivity index (χ0n) is 74.3. The first-order valence-corrected chi connectivity index (χ1v) is 43.4. The molecule has 8 aromatic heterocycles. The van der Waals surface area contributed by atoms with E-state index in [1.807, 2.05) is 196 Å². The fraction of sp³-hybridized carbons (Fsp3) is 0.240. The molecular weight excluding hydrogens is 1770 g/mol. The summed E-state index contributed by atoms with van der Waals surface area (Å²) >= 11 is 0. The van der Waals surface area contributed by atoms with Gasteiger partial charge >= 0.3 is 0 Å². The third-order valence-corrected chi connectivity index (χ3v) is 23.9. The van der Waals surface area contributed by atoms with E-state index in [1.165, 1.54) is 18.7 Å². The molecule has 4 aliphatic rings. The number of fused-ring (bicyclic) bond motifs is 4. The third-order valence-electron chi connectivity index (χ3n) is 23.9. The summed E-state index contributed by atoms with van der Waals surface area (Å²) in [5, 5.41) is 58.8. The van der Waals surface area contributed by atoms with Crippen molar-refractivity contribution in [2.24, 2.45) is 0 Å². The highest BCUT2D eigenvalue weighted by molar-refractivity contribution is 5.71. The molecule has 8 aromatic carbocycles. The number of rotatable bonds is 16. The minimum Gasteiger partial charge on any atom is -0.391 e. The second-order valence-corrected chi connectivity index (χ2v) is 34.2. The molecule has 0 unspecified atom stereocenters. The Morgan fingerprint density at radius 2 is 0.456 bits per heavy atom.